The molecular weight excluding hydrogens is 454 g/mol. The summed E-state index contributed by atoms with van der Waals surface area (Å²) in [4.78, 5) is 27.4. The van der Waals surface area contributed by atoms with Gasteiger partial charge in [-0.15, -0.1) is 0 Å². The van der Waals surface area contributed by atoms with Crippen molar-refractivity contribution in [1.82, 2.24) is 5.32 Å². The molecule has 2 aromatic rings. The van der Waals surface area contributed by atoms with E-state index in [4.69, 9.17) is 14.2 Å². The molecule has 2 aromatic carbocycles. The highest BCUT2D eigenvalue weighted by molar-refractivity contribution is 5.96. The Morgan fingerprint density at radius 2 is 1.64 bits per heavy atom. The van der Waals surface area contributed by atoms with Crippen LogP contribution < -0.4 is 14.8 Å². The molecule has 188 valence electrons. The number of allylic oxidation sites excluding steroid dienone is 3. The van der Waals surface area contributed by atoms with Gasteiger partial charge in [0.1, 0.15) is 11.9 Å². The Bertz CT molecular complexity index is 1210. The Labute approximate surface area is 212 Å². The minimum Gasteiger partial charge on any atom is -0.493 e. The molecular formula is C30H33NO5. The number of hydrogen-bond acceptors (Lipinski definition) is 6. The third kappa shape index (κ3) is 4.52. The molecule has 3 aliphatic rings. The lowest BCUT2D eigenvalue weighted by Crippen LogP contribution is -2.42. The van der Waals surface area contributed by atoms with Gasteiger partial charge in [-0.05, 0) is 55.9 Å². The Balaban J connectivity index is 1.60. The first-order chi connectivity index (χ1) is 17.5. The van der Waals surface area contributed by atoms with Crippen LogP contribution in [-0.4, -0.2) is 32.1 Å². The fourth-order valence-corrected chi connectivity index (χ4v) is 5.89. The van der Waals surface area contributed by atoms with Crippen molar-refractivity contribution in [3.8, 4) is 11.5 Å². The predicted molar refractivity (Wildman–Crippen MR) is 137 cm³/mol. The zero-order valence-corrected chi connectivity index (χ0v) is 21.1. The van der Waals surface area contributed by atoms with E-state index in [1.807, 2.05) is 43.3 Å². The highest BCUT2D eigenvalue weighted by Crippen LogP contribution is 2.47. The van der Waals surface area contributed by atoms with E-state index in [2.05, 4.69) is 23.5 Å². The summed E-state index contributed by atoms with van der Waals surface area (Å²) in [6.07, 6.45) is 6.39. The zero-order chi connectivity index (χ0) is 25.2. The number of Topliss-reactive ketones (excluding diaryl/α,β-unsaturated/α-hetero) is 1. The molecule has 0 spiro atoms. The second kappa shape index (κ2) is 10.2. The van der Waals surface area contributed by atoms with Crippen LogP contribution in [0.15, 0.2) is 71.6 Å². The van der Waals surface area contributed by atoms with Crippen LogP contribution in [0.2, 0.25) is 0 Å². The van der Waals surface area contributed by atoms with Crippen LogP contribution in [-0.2, 0) is 14.3 Å². The summed E-state index contributed by atoms with van der Waals surface area (Å²) < 4.78 is 17.0. The van der Waals surface area contributed by atoms with Crippen LogP contribution >= 0.6 is 0 Å². The van der Waals surface area contributed by atoms with Gasteiger partial charge in [0.15, 0.2) is 11.5 Å². The lowest BCUT2D eigenvalue weighted by atomic mass is 9.68. The average molecular weight is 488 g/mol. The first-order valence-electron chi connectivity index (χ1n) is 12.7. The second-order valence-corrected chi connectivity index (χ2v) is 9.85. The Hall–Kier alpha value is -3.54. The fourth-order valence-electron chi connectivity index (χ4n) is 5.89. The van der Waals surface area contributed by atoms with E-state index in [1.165, 1.54) is 0 Å². The maximum absolute atomic E-state index is 13.8. The summed E-state index contributed by atoms with van der Waals surface area (Å²) in [5.74, 6) is -0.0702. The molecule has 6 heteroatoms. The van der Waals surface area contributed by atoms with Crippen molar-refractivity contribution in [2.45, 2.75) is 57.0 Å². The molecule has 1 fully saturated rings. The van der Waals surface area contributed by atoms with Crippen molar-refractivity contribution in [3.05, 3.63) is 82.7 Å². The Morgan fingerprint density at radius 3 is 2.33 bits per heavy atom. The van der Waals surface area contributed by atoms with Crippen molar-refractivity contribution in [3.63, 3.8) is 0 Å². The molecule has 36 heavy (non-hydrogen) atoms. The standard InChI is InChI=1S/C30H33NO5/c1-18-27(30(33)36-22-11-7-8-12-22)28(20-13-14-25(34-2)26(17-20)35-3)29-23(31-18)15-21(16-24(29)32)19-9-5-4-6-10-19/h4-6,9-10,13-15,17,21-22,28-29,31H,7-8,11-12,16H2,1-3H3. The van der Waals surface area contributed by atoms with E-state index in [0.29, 0.717) is 23.5 Å². The summed E-state index contributed by atoms with van der Waals surface area (Å²) in [6, 6.07) is 15.7. The van der Waals surface area contributed by atoms with Gasteiger partial charge in [-0.2, -0.15) is 0 Å². The van der Waals surface area contributed by atoms with Gasteiger partial charge in [0.05, 0.1) is 25.7 Å². The fraction of sp³-hybridized carbons (Fsp3) is 0.400. The van der Waals surface area contributed by atoms with E-state index in [-0.39, 0.29) is 23.8 Å². The van der Waals surface area contributed by atoms with Crippen LogP contribution in [0, 0.1) is 5.92 Å². The van der Waals surface area contributed by atoms with Crippen LogP contribution in [0.25, 0.3) is 0 Å². The lowest BCUT2D eigenvalue weighted by Gasteiger charge is -2.40. The molecule has 2 aliphatic carbocycles. The Kier molecular flexibility index (Phi) is 6.86. The summed E-state index contributed by atoms with van der Waals surface area (Å²) in [6.45, 7) is 1.90. The number of methoxy groups -OCH3 is 2. The van der Waals surface area contributed by atoms with E-state index in [9.17, 15) is 9.59 Å². The number of hydrogen-bond donors (Lipinski definition) is 1. The van der Waals surface area contributed by atoms with Crippen LogP contribution in [0.1, 0.15) is 62.0 Å². The number of esters is 1. The molecule has 0 saturated heterocycles. The van der Waals surface area contributed by atoms with Gasteiger partial charge in [0.2, 0.25) is 0 Å². The number of nitrogens with one attached hydrogen (secondary N) is 1. The van der Waals surface area contributed by atoms with Gasteiger partial charge < -0.3 is 19.5 Å². The molecule has 5 rings (SSSR count). The molecule has 1 aliphatic heterocycles. The molecule has 1 saturated carbocycles. The van der Waals surface area contributed by atoms with Gasteiger partial charge in [-0.3, -0.25) is 4.79 Å². The van der Waals surface area contributed by atoms with E-state index in [1.54, 1.807) is 14.2 Å². The van der Waals surface area contributed by atoms with Gasteiger partial charge >= 0.3 is 5.97 Å². The van der Waals surface area contributed by atoms with E-state index in [0.717, 1.165) is 48.2 Å². The minimum absolute atomic E-state index is 0.0108. The lowest BCUT2D eigenvalue weighted by molar-refractivity contribution is -0.144. The smallest absolute Gasteiger partial charge is 0.336 e. The number of benzene rings is 2. The molecule has 3 atom stereocenters. The predicted octanol–water partition coefficient (Wildman–Crippen LogP) is 5.41. The number of carbonyl (C=O) groups is 2. The third-order valence-electron chi connectivity index (χ3n) is 7.65. The van der Waals surface area contributed by atoms with Crippen LogP contribution in [0.4, 0.5) is 0 Å². The molecule has 1 N–H and O–H groups in total. The number of ether oxygens (including phenoxy) is 3. The first-order valence-corrected chi connectivity index (χ1v) is 12.7. The van der Waals surface area contributed by atoms with Crippen LogP contribution in [0.3, 0.4) is 0 Å². The highest BCUT2D eigenvalue weighted by Gasteiger charge is 2.45. The quantitative estimate of drug-likeness (QED) is 0.550. The molecule has 0 bridgehead atoms. The summed E-state index contributed by atoms with van der Waals surface area (Å²) >= 11 is 0. The molecule has 1 heterocycles. The maximum atomic E-state index is 13.8. The number of carbonyl (C=O) groups excluding carboxylic acids is 2. The van der Waals surface area contributed by atoms with Crippen molar-refractivity contribution >= 4 is 11.8 Å². The SMILES string of the molecule is COc1ccc(C2C(C(=O)OC3CCCC3)=C(C)NC3=CC(c4ccccc4)CC(=O)C32)cc1OC. The summed E-state index contributed by atoms with van der Waals surface area (Å²) in [5.41, 5.74) is 4.02. The van der Waals surface area contributed by atoms with Crippen LogP contribution in [0.5, 0.6) is 11.5 Å². The zero-order valence-electron chi connectivity index (χ0n) is 21.1. The van der Waals surface area contributed by atoms with E-state index >= 15 is 0 Å². The Morgan fingerprint density at radius 1 is 0.917 bits per heavy atom. The molecule has 6 nitrogen and oxygen atoms in total. The monoisotopic (exact) mass is 487 g/mol. The molecule has 0 radical (unpaired) electrons. The number of ketones is 1. The maximum Gasteiger partial charge on any atom is 0.336 e. The van der Waals surface area contributed by atoms with Gasteiger partial charge in [0, 0.05) is 29.7 Å². The summed E-state index contributed by atoms with van der Waals surface area (Å²) in [5, 5.41) is 3.42. The van der Waals surface area contributed by atoms with Crippen molar-refractivity contribution in [1.29, 1.82) is 0 Å². The van der Waals surface area contributed by atoms with Gasteiger partial charge in [-0.25, -0.2) is 4.79 Å². The first kappa shape index (κ1) is 24.2. The topological polar surface area (TPSA) is 73.9 Å². The summed E-state index contributed by atoms with van der Waals surface area (Å²) in [7, 11) is 3.17. The van der Waals surface area contributed by atoms with Crippen molar-refractivity contribution in [2.24, 2.45) is 5.92 Å². The molecule has 0 aromatic heterocycles. The van der Waals surface area contributed by atoms with Crippen molar-refractivity contribution < 1.29 is 23.8 Å². The average Bonchev–Trinajstić information content (AvgIpc) is 3.40. The third-order valence-corrected chi connectivity index (χ3v) is 7.65. The molecule has 0 amide bonds. The van der Waals surface area contributed by atoms with Crippen molar-refractivity contribution in [2.75, 3.05) is 14.2 Å². The normalized spacial score (nSPS) is 24.0. The molecule has 3 unspecified atom stereocenters. The second-order valence-electron chi connectivity index (χ2n) is 9.85. The van der Waals surface area contributed by atoms with Gasteiger partial charge in [-0.1, -0.05) is 42.5 Å². The minimum atomic E-state index is -0.502. The number of fused-ring (bicyclic) bond motifs is 1. The number of rotatable bonds is 6. The van der Waals surface area contributed by atoms with E-state index < -0.39 is 11.8 Å². The highest BCUT2D eigenvalue weighted by atomic mass is 16.5. The largest absolute Gasteiger partial charge is 0.493 e. The van der Waals surface area contributed by atoms with Gasteiger partial charge in [0.25, 0.3) is 0 Å².